The van der Waals surface area contributed by atoms with E-state index in [0.717, 1.165) is 0 Å². The van der Waals surface area contributed by atoms with Gasteiger partial charge in [0.25, 0.3) is 0 Å². The summed E-state index contributed by atoms with van der Waals surface area (Å²) < 4.78 is 1.29. The quantitative estimate of drug-likeness (QED) is 0.674. The second-order valence-electron chi connectivity index (χ2n) is 1.97. The summed E-state index contributed by atoms with van der Waals surface area (Å²) in [5.74, 6) is 0. The highest BCUT2D eigenvalue weighted by atomic mass is 79.9. The highest BCUT2D eigenvalue weighted by Gasteiger charge is 2.07. The van der Waals surface area contributed by atoms with Crippen LogP contribution in [0.1, 0.15) is 0 Å². The van der Waals surface area contributed by atoms with Crippen LogP contribution in [-0.4, -0.2) is 5.03 Å². The maximum Gasteiger partial charge on any atom is 0.162 e. The van der Waals surface area contributed by atoms with Crippen molar-refractivity contribution in [1.29, 1.82) is 0 Å². The first-order chi connectivity index (χ1) is 5.61. The predicted octanol–water partition coefficient (Wildman–Crippen LogP) is 2.82. The Morgan fingerprint density at radius 2 is 1.83 bits per heavy atom. The van der Waals surface area contributed by atoms with Crippen LogP contribution < -0.4 is 5.43 Å². The summed E-state index contributed by atoms with van der Waals surface area (Å²) in [7, 11) is 0. The molecule has 64 valence electrons. The Bertz CT molecular complexity index is 296. The SMILES string of the molecule is O=[N+]([O-])Nc1c(Br)cccc1Br. The molecule has 0 atom stereocenters. The zero-order valence-electron chi connectivity index (χ0n) is 5.75. The van der Waals surface area contributed by atoms with Crippen molar-refractivity contribution in [3.05, 3.63) is 37.3 Å². The summed E-state index contributed by atoms with van der Waals surface area (Å²) in [4.78, 5) is 10.1. The highest BCUT2D eigenvalue weighted by Crippen LogP contribution is 2.30. The predicted molar refractivity (Wildman–Crippen MR) is 52.5 cm³/mol. The number of benzene rings is 1. The van der Waals surface area contributed by atoms with E-state index in [1.165, 1.54) is 0 Å². The fourth-order valence-electron chi connectivity index (χ4n) is 0.696. The molecule has 1 aromatic rings. The molecule has 0 fully saturated rings. The fraction of sp³-hybridized carbons (Fsp3) is 0. The van der Waals surface area contributed by atoms with Gasteiger partial charge < -0.3 is 0 Å². The van der Waals surface area contributed by atoms with Crippen molar-refractivity contribution in [3.8, 4) is 0 Å². The lowest BCUT2D eigenvalue weighted by atomic mass is 10.3. The molecule has 0 aliphatic rings. The van der Waals surface area contributed by atoms with Crippen LogP contribution in [0, 0.1) is 10.1 Å². The molecular weight excluding hydrogens is 292 g/mol. The third-order valence-corrected chi connectivity index (χ3v) is 2.49. The number of anilines is 1. The van der Waals surface area contributed by atoms with Gasteiger partial charge in [-0.05, 0) is 44.0 Å². The summed E-state index contributed by atoms with van der Waals surface area (Å²) in [5.41, 5.74) is 2.49. The van der Waals surface area contributed by atoms with Gasteiger partial charge in [0.15, 0.2) is 5.03 Å². The molecule has 0 saturated heterocycles. The summed E-state index contributed by atoms with van der Waals surface area (Å²) in [6, 6.07) is 5.21. The molecule has 0 unspecified atom stereocenters. The molecule has 4 nitrogen and oxygen atoms in total. The van der Waals surface area contributed by atoms with Gasteiger partial charge in [0.1, 0.15) is 5.69 Å². The minimum Gasteiger partial charge on any atom is -0.235 e. The average molecular weight is 296 g/mol. The molecule has 0 aromatic heterocycles. The molecule has 0 heterocycles. The molecule has 12 heavy (non-hydrogen) atoms. The molecule has 1 N–H and O–H groups in total. The van der Waals surface area contributed by atoms with E-state index in [1.54, 1.807) is 18.2 Å². The van der Waals surface area contributed by atoms with Gasteiger partial charge in [-0.1, -0.05) is 6.07 Å². The molecule has 0 aliphatic carbocycles. The summed E-state index contributed by atoms with van der Waals surface area (Å²) >= 11 is 6.36. The number of nitrogens with zero attached hydrogens (tertiary/aromatic N) is 1. The van der Waals surface area contributed by atoms with E-state index in [-0.39, 0.29) is 0 Å². The van der Waals surface area contributed by atoms with Gasteiger partial charge in [-0.2, -0.15) is 0 Å². The maximum absolute atomic E-state index is 10.1. The topological polar surface area (TPSA) is 55.2 Å². The lowest BCUT2D eigenvalue weighted by Gasteiger charge is -2.01. The number of hydrogen-bond acceptors (Lipinski definition) is 2. The lowest BCUT2D eigenvalue weighted by Crippen LogP contribution is -2.08. The summed E-state index contributed by atoms with van der Waals surface area (Å²) in [6.07, 6.45) is 0. The second-order valence-corrected chi connectivity index (χ2v) is 3.67. The van der Waals surface area contributed by atoms with Gasteiger partial charge >= 0.3 is 0 Å². The van der Waals surface area contributed by atoms with Crippen LogP contribution in [0.3, 0.4) is 0 Å². The number of hydrogen-bond donors (Lipinski definition) is 1. The zero-order chi connectivity index (χ0) is 9.14. The van der Waals surface area contributed by atoms with Crippen LogP contribution in [0.2, 0.25) is 0 Å². The van der Waals surface area contributed by atoms with Gasteiger partial charge in [0.2, 0.25) is 0 Å². The monoisotopic (exact) mass is 294 g/mol. The number of nitrogens with one attached hydrogen (secondary N) is 1. The van der Waals surface area contributed by atoms with Gasteiger partial charge in [-0.3, -0.25) is 0 Å². The van der Waals surface area contributed by atoms with E-state index in [4.69, 9.17) is 0 Å². The van der Waals surface area contributed by atoms with Gasteiger partial charge in [-0.15, -0.1) is 5.43 Å². The van der Waals surface area contributed by atoms with Gasteiger partial charge in [0.05, 0.1) is 0 Å². The molecular formula is C6H4Br2N2O2. The molecule has 0 radical (unpaired) electrons. The third kappa shape index (κ3) is 2.18. The van der Waals surface area contributed by atoms with Crippen LogP contribution in [0.25, 0.3) is 0 Å². The normalized spacial score (nSPS) is 9.50. The molecule has 1 aromatic carbocycles. The van der Waals surface area contributed by atoms with E-state index in [2.05, 4.69) is 37.3 Å². The number of para-hydroxylation sites is 1. The van der Waals surface area contributed by atoms with Crippen molar-refractivity contribution in [2.45, 2.75) is 0 Å². The molecule has 1 rings (SSSR count). The first kappa shape index (κ1) is 9.47. The largest absolute Gasteiger partial charge is 0.235 e. The second kappa shape index (κ2) is 3.86. The van der Waals surface area contributed by atoms with Gasteiger partial charge in [0, 0.05) is 8.95 Å². The number of hydrazine groups is 1. The van der Waals surface area contributed by atoms with Crippen LogP contribution in [0.4, 0.5) is 5.69 Å². The fourth-order valence-corrected chi connectivity index (χ4v) is 1.87. The molecule has 0 aliphatic heterocycles. The zero-order valence-corrected chi connectivity index (χ0v) is 8.92. The number of rotatable bonds is 2. The van der Waals surface area contributed by atoms with Crippen LogP contribution >= 0.6 is 31.9 Å². The Labute approximate surface area is 85.3 Å². The van der Waals surface area contributed by atoms with Crippen molar-refractivity contribution in [2.75, 3.05) is 5.43 Å². The summed E-state index contributed by atoms with van der Waals surface area (Å²) in [5, 5.41) is 9.52. The first-order valence-electron chi connectivity index (χ1n) is 2.96. The average Bonchev–Trinajstić information content (AvgIpc) is 1.97. The van der Waals surface area contributed by atoms with E-state index >= 15 is 0 Å². The first-order valence-corrected chi connectivity index (χ1v) is 4.55. The minimum atomic E-state index is -0.606. The molecule has 0 amide bonds. The van der Waals surface area contributed by atoms with Crippen molar-refractivity contribution in [3.63, 3.8) is 0 Å². The number of halogens is 2. The minimum absolute atomic E-state index is 0.419. The lowest BCUT2D eigenvalue weighted by molar-refractivity contribution is -0.445. The summed E-state index contributed by atoms with van der Waals surface area (Å²) in [6.45, 7) is 0. The Balaban J connectivity index is 3.04. The van der Waals surface area contributed by atoms with Crippen molar-refractivity contribution in [2.24, 2.45) is 0 Å². The molecule has 6 heteroatoms. The Hall–Kier alpha value is -0.620. The standard InChI is InChI=1S/C6H4Br2N2O2/c7-4-2-1-3-5(8)6(4)9-10(11)12/h1-3,9H. The molecule has 0 spiro atoms. The van der Waals surface area contributed by atoms with Crippen molar-refractivity contribution >= 4 is 37.5 Å². The molecule has 0 saturated carbocycles. The van der Waals surface area contributed by atoms with Gasteiger partial charge in [-0.25, -0.2) is 10.1 Å². The van der Waals surface area contributed by atoms with E-state index < -0.39 is 5.03 Å². The molecule has 0 bridgehead atoms. The van der Waals surface area contributed by atoms with Crippen molar-refractivity contribution < 1.29 is 5.03 Å². The van der Waals surface area contributed by atoms with E-state index in [0.29, 0.717) is 14.6 Å². The Morgan fingerprint density at radius 1 is 1.33 bits per heavy atom. The van der Waals surface area contributed by atoms with Crippen LogP contribution in [0.5, 0.6) is 0 Å². The van der Waals surface area contributed by atoms with E-state index in [1.807, 2.05) is 0 Å². The Kier molecular flexibility index (Phi) is 3.05. The highest BCUT2D eigenvalue weighted by molar-refractivity contribution is 9.11. The van der Waals surface area contributed by atoms with Crippen LogP contribution in [0.15, 0.2) is 27.1 Å². The maximum atomic E-state index is 10.1. The third-order valence-electron chi connectivity index (χ3n) is 1.17. The van der Waals surface area contributed by atoms with Crippen molar-refractivity contribution in [1.82, 2.24) is 0 Å². The van der Waals surface area contributed by atoms with E-state index in [9.17, 15) is 10.1 Å². The van der Waals surface area contributed by atoms with Crippen LogP contribution in [-0.2, 0) is 0 Å². The Morgan fingerprint density at radius 3 is 2.25 bits per heavy atom. The number of nitro groups is 1. The smallest absolute Gasteiger partial charge is 0.162 e.